The Bertz CT molecular complexity index is 280. The average Bonchev–Trinajstić information content (AvgIpc) is 2.39. The Kier molecular flexibility index (Phi) is 3.23. The van der Waals surface area contributed by atoms with Crippen LogP contribution in [0.3, 0.4) is 0 Å². The van der Waals surface area contributed by atoms with E-state index in [9.17, 15) is 0 Å². The molecule has 1 unspecified atom stereocenters. The highest BCUT2D eigenvalue weighted by Crippen LogP contribution is 2.22. The largest absolute Gasteiger partial charge is 0.359 e. The molecule has 0 N–H and O–H groups in total. The first-order chi connectivity index (χ1) is 5.27. The van der Waals surface area contributed by atoms with Crippen LogP contribution in [0.2, 0.25) is 0 Å². The van der Waals surface area contributed by atoms with Gasteiger partial charge in [-0.2, -0.15) is 5.26 Å². The van der Waals surface area contributed by atoms with E-state index in [2.05, 4.69) is 27.6 Å². The second-order valence-corrected chi connectivity index (χ2v) is 4.70. The lowest BCUT2D eigenvalue weighted by molar-refractivity contribution is 0.148. The maximum atomic E-state index is 8.58. The van der Waals surface area contributed by atoms with Crippen LogP contribution in [0.25, 0.3) is 0 Å². The molecule has 1 atom stereocenters. The van der Waals surface area contributed by atoms with Gasteiger partial charge in [-0.1, -0.05) is 0 Å². The first kappa shape index (κ1) is 8.90. The summed E-state index contributed by atoms with van der Waals surface area (Å²) in [6, 6.07) is 2.00. The van der Waals surface area contributed by atoms with E-state index in [1.165, 1.54) is 18.4 Å². The maximum absolute atomic E-state index is 8.58. The molecule has 0 fully saturated rings. The number of nitrogens with zero attached hydrogens (tertiary/aromatic N) is 2. The minimum atomic E-state index is -0.511. The molecule has 0 bridgehead atoms. The highest BCUT2D eigenvalue weighted by Gasteiger charge is 2.12. The quantitative estimate of drug-likeness (QED) is 0.778. The molecule has 11 heavy (non-hydrogen) atoms. The molecule has 0 aliphatic carbocycles. The smallest absolute Gasteiger partial charge is 0.194 e. The van der Waals surface area contributed by atoms with E-state index in [1.54, 1.807) is 6.20 Å². The first-order valence-electron chi connectivity index (χ1n) is 2.81. The normalized spacial score (nSPS) is 12.5. The summed E-state index contributed by atoms with van der Waals surface area (Å²) in [7, 11) is 1.50. The van der Waals surface area contributed by atoms with Gasteiger partial charge < -0.3 is 4.74 Å². The number of nitriles is 1. The van der Waals surface area contributed by atoms with E-state index in [-0.39, 0.29) is 0 Å². The zero-order chi connectivity index (χ0) is 8.27. The summed E-state index contributed by atoms with van der Waals surface area (Å²) < 4.78 is 5.95. The first-order valence-corrected chi connectivity index (χ1v) is 4.71. The molecule has 1 aromatic heterocycles. The standard InChI is InChI=1S/C6H5IN2OS/c1-10-4(2-8)6-9-3-5(7)11-6/h3-4H,1H3. The molecule has 3 nitrogen and oxygen atoms in total. The predicted molar refractivity (Wildman–Crippen MR) is 50.2 cm³/mol. The van der Waals surface area contributed by atoms with Crippen molar-refractivity contribution >= 4 is 33.9 Å². The molecule has 1 rings (SSSR count). The molecule has 0 aliphatic rings. The molecule has 0 aromatic carbocycles. The zero-order valence-electron chi connectivity index (χ0n) is 5.74. The van der Waals surface area contributed by atoms with Crippen LogP contribution in [0.5, 0.6) is 0 Å². The molecule has 0 saturated carbocycles. The van der Waals surface area contributed by atoms with Crippen LogP contribution in [0.1, 0.15) is 11.1 Å². The Morgan fingerprint density at radius 1 is 1.91 bits per heavy atom. The fraction of sp³-hybridized carbons (Fsp3) is 0.333. The van der Waals surface area contributed by atoms with Crippen molar-refractivity contribution in [3.05, 3.63) is 14.1 Å². The van der Waals surface area contributed by atoms with Crippen molar-refractivity contribution in [1.82, 2.24) is 4.98 Å². The molecular formula is C6H5IN2OS. The summed E-state index contributed by atoms with van der Waals surface area (Å²) in [5.41, 5.74) is 0. The van der Waals surface area contributed by atoms with Crippen molar-refractivity contribution in [2.24, 2.45) is 0 Å². The lowest BCUT2D eigenvalue weighted by Gasteiger charge is -1.99. The minimum Gasteiger partial charge on any atom is -0.359 e. The number of hydrogen-bond acceptors (Lipinski definition) is 4. The van der Waals surface area contributed by atoms with Crippen molar-refractivity contribution in [2.75, 3.05) is 7.11 Å². The van der Waals surface area contributed by atoms with Crippen molar-refractivity contribution in [2.45, 2.75) is 6.10 Å². The molecule has 1 heterocycles. The SMILES string of the molecule is COC(C#N)c1ncc(I)s1. The van der Waals surface area contributed by atoms with Crippen LogP contribution in [-0.2, 0) is 4.74 Å². The summed E-state index contributed by atoms with van der Waals surface area (Å²) in [5, 5.41) is 9.30. The molecule has 0 saturated heterocycles. The number of thiazole rings is 1. The number of aromatic nitrogens is 1. The van der Waals surface area contributed by atoms with E-state index in [0.29, 0.717) is 0 Å². The highest BCUT2D eigenvalue weighted by molar-refractivity contribution is 14.1. The third-order valence-corrected chi connectivity index (χ3v) is 2.84. The van der Waals surface area contributed by atoms with Crippen LogP contribution >= 0.6 is 33.9 Å². The Morgan fingerprint density at radius 2 is 2.64 bits per heavy atom. The minimum absolute atomic E-state index is 0.511. The van der Waals surface area contributed by atoms with Crippen LogP contribution < -0.4 is 0 Å². The van der Waals surface area contributed by atoms with Crippen molar-refractivity contribution in [3.8, 4) is 6.07 Å². The van der Waals surface area contributed by atoms with Gasteiger partial charge in [-0.15, -0.1) is 11.3 Å². The Hall–Kier alpha value is -0.190. The molecule has 58 valence electrons. The number of hydrogen-bond donors (Lipinski definition) is 0. The highest BCUT2D eigenvalue weighted by atomic mass is 127. The van der Waals surface area contributed by atoms with Crippen LogP contribution in [0.4, 0.5) is 0 Å². The molecule has 5 heteroatoms. The third kappa shape index (κ3) is 2.12. The van der Waals surface area contributed by atoms with Gasteiger partial charge in [-0.3, -0.25) is 0 Å². The molecular weight excluding hydrogens is 275 g/mol. The molecule has 0 spiro atoms. The second-order valence-electron chi connectivity index (χ2n) is 1.75. The summed E-state index contributed by atoms with van der Waals surface area (Å²) in [6.45, 7) is 0. The van der Waals surface area contributed by atoms with Crippen LogP contribution in [0.15, 0.2) is 6.20 Å². The number of ether oxygens (including phenoxy) is 1. The fourth-order valence-electron chi connectivity index (χ4n) is 0.597. The van der Waals surface area contributed by atoms with Gasteiger partial charge in [0.1, 0.15) is 11.1 Å². The van der Waals surface area contributed by atoms with E-state index in [1.807, 2.05) is 6.07 Å². The number of methoxy groups -OCH3 is 1. The summed E-state index contributed by atoms with van der Waals surface area (Å²) >= 11 is 3.63. The van der Waals surface area contributed by atoms with E-state index >= 15 is 0 Å². The Morgan fingerprint density at radius 3 is 3.00 bits per heavy atom. The van der Waals surface area contributed by atoms with Crippen molar-refractivity contribution in [3.63, 3.8) is 0 Å². The third-order valence-electron chi connectivity index (χ3n) is 1.07. The topological polar surface area (TPSA) is 45.9 Å². The van der Waals surface area contributed by atoms with Gasteiger partial charge in [-0.05, 0) is 22.6 Å². The van der Waals surface area contributed by atoms with Gasteiger partial charge in [0.05, 0.1) is 9.08 Å². The number of halogens is 1. The second kappa shape index (κ2) is 3.99. The van der Waals surface area contributed by atoms with Crippen LogP contribution in [-0.4, -0.2) is 12.1 Å². The van der Waals surface area contributed by atoms with Crippen molar-refractivity contribution < 1.29 is 4.74 Å². The van der Waals surface area contributed by atoms with Gasteiger partial charge >= 0.3 is 0 Å². The summed E-state index contributed by atoms with van der Waals surface area (Å²) in [4.78, 5) is 4.02. The summed E-state index contributed by atoms with van der Waals surface area (Å²) in [6.07, 6.45) is 1.22. The Labute approximate surface area is 82.2 Å². The van der Waals surface area contributed by atoms with Crippen molar-refractivity contribution in [1.29, 1.82) is 5.26 Å². The molecule has 0 aliphatic heterocycles. The molecule has 0 radical (unpaired) electrons. The fourth-order valence-corrected chi connectivity index (χ4v) is 2.08. The van der Waals surface area contributed by atoms with E-state index in [4.69, 9.17) is 10.00 Å². The molecule has 1 aromatic rings. The molecule has 0 amide bonds. The Balaban J connectivity index is 2.84. The summed E-state index contributed by atoms with van der Waals surface area (Å²) in [5.74, 6) is 0. The average molecular weight is 280 g/mol. The monoisotopic (exact) mass is 280 g/mol. The lowest BCUT2D eigenvalue weighted by atomic mass is 10.4. The van der Waals surface area contributed by atoms with Gasteiger partial charge in [0.2, 0.25) is 0 Å². The van der Waals surface area contributed by atoms with Crippen LogP contribution in [0, 0.1) is 14.2 Å². The maximum Gasteiger partial charge on any atom is 0.194 e. The lowest BCUT2D eigenvalue weighted by Crippen LogP contribution is -1.95. The zero-order valence-corrected chi connectivity index (χ0v) is 8.72. The van der Waals surface area contributed by atoms with E-state index < -0.39 is 6.10 Å². The number of rotatable bonds is 2. The van der Waals surface area contributed by atoms with E-state index in [0.717, 1.165) is 7.89 Å². The van der Waals surface area contributed by atoms with Gasteiger partial charge in [0, 0.05) is 7.11 Å². The van der Waals surface area contributed by atoms with Gasteiger partial charge in [-0.25, -0.2) is 4.98 Å². The predicted octanol–water partition coefficient (Wildman–Crippen LogP) is 1.96. The van der Waals surface area contributed by atoms with Gasteiger partial charge in [0.25, 0.3) is 0 Å². The van der Waals surface area contributed by atoms with Gasteiger partial charge in [0.15, 0.2) is 6.10 Å².